The standard InChI is InChI=1S/C19H30P/c1-3-4-5-6-7-8-9-12-16-20(2)17-15-18-13-10-11-14-19(18)20/h10-11,13-15,17H,3-9,12,16H2,1-2H3. The summed E-state index contributed by atoms with van der Waals surface area (Å²) in [4.78, 5) is 0. The van der Waals surface area contributed by atoms with Crippen molar-refractivity contribution >= 4 is 18.6 Å². The first kappa shape index (κ1) is 15.8. The van der Waals surface area contributed by atoms with Crippen molar-refractivity contribution in [3.8, 4) is 0 Å². The van der Waals surface area contributed by atoms with Gasteiger partial charge < -0.3 is 0 Å². The first-order valence-corrected chi connectivity index (χ1v) is 10.9. The van der Waals surface area contributed by atoms with Gasteiger partial charge in [0.25, 0.3) is 0 Å². The molecule has 2 rings (SSSR count). The molecule has 20 heavy (non-hydrogen) atoms. The van der Waals surface area contributed by atoms with Gasteiger partial charge in [-0.2, -0.15) is 0 Å². The molecule has 1 aromatic rings. The molecule has 0 saturated carbocycles. The minimum atomic E-state index is -0.957. The van der Waals surface area contributed by atoms with E-state index in [1.165, 1.54) is 63.1 Å². The van der Waals surface area contributed by atoms with E-state index in [-0.39, 0.29) is 0 Å². The maximum atomic E-state index is 2.53. The zero-order valence-electron chi connectivity index (χ0n) is 13.3. The van der Waals surface area contributed by atoms with Crippen LogP contribution in [0.15, 0.2) is 30.1 Å². The summed E-state index contributed by atoms with van der Waals surface area (Å²) >= 11 is 0. The second kappa shape index (κ2) is 7.99. The van der Waals surface area contributed by atoms with Gasteiger partial charge in [0.15, 0.2) is 0 Å². The first-order chi connectivity index (χ1) is 9.76. The van der Waals surface area contributed by atoms with Crippen molar-refractivity contribution in [1.82, 2.24) is 0 Å². The molecule has 111 valence electrons. The van der Waals surface area contributed by atoms with Crippen LogP contribution in [0.1, 0.15) is 63.9 Å². The molecule has 1 heterocycles. The molecular formula is C19H30P. The summed E-state index contributed by atoms with van der Waals surface area (Å²) in [7, 11) is -0.957. The highest BCUT2D eigenvalue weighted by Gasteiger charge is 2.26. The number of benzene rings is 1. The van der Waals surface area contributed by atoms with Crippen molar-refractivity contribution in [1.29, 1.82) is 0 Å². The molecule has 1 aromatic carbocycles. The van der Waals surface area contributed by atoms with Crippen molar-refractivity contribution in [2.75, 3.05) is 12.8 Å². The van der Waals surface area contributed by atoms with E-state index in [0.717, 1.165) is 0 Å². The lowest BCUT2D eigenvalue weighted by molar-refractivity contribution is 0.586. The van der Waals surface area contributed by atoms with E-state index in [2.05, 4.69) is 49.7 Å². The molecule has 0 saturated heterocycles. The van der Waals surface area contributed by atoms with Crippen LogP contribution in [0.2, 0.25) is 0 Å². The van der Waals surface area contributed by atoms with E-state index in [9.17, 15) is 0 Å². The fourth-order valence-corrected chi connectivity index (χ4v) is 6.27. The van der Waals surface area contributed by atoms with Gasteiger partial charge in [-0.3, -0.25) is 0 Å². The fraction of sp³-hybridized carbons (Fsp3) is 0.579. The van der Waals surface area contributed by atoms with E-state index in [1.807, 2.05) is 0 Å². The van der Waals surface area contributed by atoms with Gasteiger partial charge >= 0.3 is 0 Å². The number of hydrogen-bond donors (Lipinski definition) is 0. The monoisotopic (exact) mass is 289 g/mol. The lowest BCUT2D eigenvalue weighted by atomic mass is 10.1. The van der Waals surface area contributed by atoms with Gasteiger partial charge in [0, 0.05) is 0 Å². The minimum absolute atomic E-state index is 0.957. The summed E-state index contributed by atoms with van der Waals surface area (Å²) in [5, 5.41) is 1.64. The van der Waals surface area contributed by atoms with Crippen molar-refractivity contribution in [2.24, 2.45) is 0 Å². The quantitative estimate of drug-likeness (QED) is 0.381. The predicted molar refractivity (Wildman–Crippen MR) is 95.4 cm³/mol. The van der Waals surface area contributed by atoms with Crippen molar-refractivity contribution in [3.05, 3.63) is 35.6 Å². The second-order valence-electron chi connectivity index (χ2n) is 6.34. The normalized spacial score (nSPS) is 20.3. The molecule has 0 nitrogen and oxygen atoms in total. The molecule has 0 N–H and O–H groups in total. The van der Waals surface area contributed by atoms with E-state index < -0.39 is 7.26 Å². The van der Waals surface area contributed by atoms with E-state index in [4.69, 9.17) is 0 Å². The van der Waals surface area contributed by atoms with Crippen LogP contribution < -0.4 is 5.30 Å². The van der Waals surface area contributed by atoms with Gasteiger partial charge in [-0.15, -0.1) is 0 Å². The Morgan fingerprint density at radius 1 is 0.850 bits per heavy atom. The van der Waals surface area contributed by atoms with Gasteiger partial charge in [-0.25, -0.2) is 0 Å². The third-order valence-electron chi connectivity index (χ3n) is 4.55. The van der Waals surface area contributed by atoms with Crippen LogP contribution in [-0.4, -0.2) is 12.8 Å². The Bertz CT molecular complexity index is 435. The molecule has 1 aliphatic rings. The molecule has 0 aromatic heterocycles. The molecule has 0 aliphatic carbocycles. The van der Waals surface area contributed by atoms with Crippen LogP contribution in [0.25, 0.3) is 6.08 Å². The van der Waals surface area contributed by atoms with Gasteiger partial charge in [0.05, 0.1) is 0 Å². The van der Waals surface area contributed by atoms with Crippen molar-refractivity contribution in [3.63, 3.8) is 0 Å². The molecule has 1 atom stereocenters. The zero-order valence-corrected chi connectivity index (χ0v) is 14.2. The smallest absolute Gasteiger partial charge is 0.0175 e. The maximum Gasteiger partial charge on any atom is -0.0175 e. The van der Waals surface area contributed by atoms with E-state index >= 15 is 0 Å². The van der Waals surface area contributed by atoms with E-state index in [0.29, 0.717) is 0 Å². The summed E-state index contributed by atoms with van der Waals surface area (Å²) < 4.78 is 0. The number of fused-ring (bicyclic) bond motifs is 1. The van der Waals surface area contributed by atoms with Crippen LogP contribution in [0.4, 0.5) is 0 Å². The minimum Gasteiger partial charge on any atom is -0.0796 e. The van der Waals surface area contributed by atoms with Crippen molar-refractivity contribution in [2.45, 2.75) is 58.3 Å². The highest BCUT2D eigenvalue weighted by molar-refractivity contribution is 7.85. The average Bonchev–Trinajstić information content (AvgIpc) is 2.80. The first-order valence-electron chi connectivity index (χ1n) is 8.40. The highest BCUT2D eigenvalue weighted by Crippen LogP contribution is 2.60. The van der Waals surface area contributed by atoms with Crippen LogP contribution >= 0.6 is 7.26 Å². The summed E-state index contributed by atoms with van der Waals surface area (Å²) in [6.45, 7) is 4.80. The Morgan fingerprint density at radius 3 is 2.25 bits per heavy atom. The fourth-order valence-electron chi connectivity index (χ4n) is 3.19. The third-order valence-corrected chi connectivity index (χ3v) is 8.11. The largest absolute Gasteiger partial charge is 0.0796 e. The lowest BCUT2D eigenvalue weighted by Gasteiger charge is -2.26. The summed E-state index contributed by atoms with van der Waals surface area (Å²) in [6, 6.07) is 8.99. The van der Waals surface area contributed by atoms with Gasteiger partial charge in [-0.05, 0) is 30.1 Å². The van der Waals surface area contributed by atoms with Gasteiger partial charge in [-0.1, -0.05) is 95.3 Å². The molecule has 0 spiro atoms. The topological polar surface area (TPSA) is 0 Å². The van der Waals surface area contributed by atoms with Gasteiger partial charge in [0.2, 0.25) is 0 Å². The van der Waals surface area contributed by atoms with Crippen molar-refractivity contribution < 1.29 is 0 Å². The Hall–Kier alpha value is -0.610. The molecule has 0 fully saturated rings. The Kier molecular flexibility index (Phi) is 6.30. The number of unbranched alkanes of at least 4 members (excludes halogenated alkanes) is 7. The van der Waals surface area contributed by atoms with Crippen LogP contribution in [0, 0.1) is 0 Å². The molecule has 1 aliphatic heterocycles. The Labute approximate surface area is 126 Å². The second-order valence-corrected chi connectivity index (χ2v) is 10.1. The Balaban J connectivity index is 1.66. The lowest BCUT2D eigenvalue weighted by Crippen LogP contribution is -2.10. The number of hydrogen-bond acceptors (Lipinski definition) is 0. The molecule has 0 amide bonds. The van der Waals surface area contributed by atoms with Crippen LogP contribution in [0.3, 0.4) is 0 Å². The highest BCUT2D eigenvalue weighted by atomic mass is 31.2. The summed E-state index contributed by atoms with van der Waals surface area (Å²) in [5.41, 5.74) is 1.47. The SMILES string of the molecule is CCCCCCCCCC[P]1(C)C=Cc2ccccc21. The molecule has 0 bridgehead atoms. The molecule has 1 radical (unpaired) electrons. The third kappa shape index (κ3) is 4.19. The summed E-state index contributed by atoms with van der Waals surface area (Å²) in [5.74, 6) is 2.53. The molecule has 1 heteroatoms. The van der Waals surface area contributed by atoms with E-state index in [1.54, 1.807) is 5.30 Å². The zero-order chi connectivity index (χ0) is 14.3. The van der Waals surface area contributed by atoms with Crippen LogP contribution in [-0.2, 0) is 0 Å². The average molecular weight is 289 g/mol. The maximum absolute atomic E-state index is 2.53. The van der Waals surface area contributed by atoms with Gasteiger partial charge in [0.1, 0.15) is 0 Å². The molecule has 1 unspecified atom stereocenters. The molecular weight excluding hydrogens is 259 g/mol. The Morgan fingerprint density at radius 2 is 1.50 bits per heavy atom. The van der Waals surface area contributed by atoms with Crippen LogP contribution in [0.5, 0.6) is 0 Å². The summed E-state index contributed by atoms with van der Waals surface area (Å²) in [6.07, 6.45) is 15.2. The predicted octanol–water partition coefficient (Wildman–Crippen LogP) is 6.08. The number of rotatable bonds is 9.